The maximum atomic E-state index is 12.0. The summed E-state index contributed by atoms with van der Waals surface area (Å²) in [6.07, 6.45) is 0. The first-order chi connectivity index (χ1) is 7.58. The van der Waals surface area contributed by atoms with Crippen LogP contribution in [0.2, 0.25) is 5.02 Å². The van der Waals surface area contributed by atoms with Gasteiger partial charge in [-0.05, 0) is 43.8 Å². The summed E-state index contributed by atoms with van der Waals surface area (Å²) in [7, 11) is 0. The van der Waals surface area contributed by atoms with Gasteiger partial charge in [0.2, 0.25) is 0 Å². The lowest BCUT2D eigenvalue weighted by Gasteiger charge is -2.16. The lowest BCUT2D eigenvalue weighted by Crippen LogP contribution is -2.29. The van der Waals surface area contributed by atoms with Crippen molar-refractivity contribution >= 4 is 17.4 Å². The first-order valence-electron chi connectivity index (χ1n) is 5.60. The van der Waals surface area contributed by atoms with Gasteiger partial charge in [0.05, 0.1) is 6.54 Å². The zero-order chi connectivity index (χ0) is 12.1. The molecule has 0 bridgehead atoms. The van der Waals surface area contributed by atoms with Crippen LogP contribution < -0.4 is 0 Å². The smallest absolute Gasteiger partial charge is 0.176 e. The van der Waals surface area contributed by atoms with Gasteiger partial charge in [0.1, 0.15) is 0 Å². The first-order valence-corrected chi connectivity index (χ1v) is 5.98. The second-order valence-electron chi connectivity index (χ2n) is 3.85. The van der Waals surface area contributed by atoms with Crippen LogP contribution in [0.5, 0.6) is 0 Å². The molecule has 0 fully saturated rings. The van der Waals surface area contributed by atoms with Crippen LogP contribution in [0.3, 0.4) is 0 Å². The highest BCUT2D eigenvalue weighted by Crippen LogP contribution is 2.16. The van der Waals surface area contributed by atoms with Crippen LogP contribution in [0.1, 0.15) is 29.8 Å². The number of Topliss-reactive ketones (excluding diaryl/α,β-unsaturated/α-hetero) is 1. The Morgan fingerprint density at radius 2 is 1.94 bits per heavy atom. The Morgan fingerprint density at radius 3 is 2.44 bits per heavy atom. The van der Waals surface area contributed by atoms with Crippen LogP contribution in [0.4, 0.5) is 0 Å². The number of ketones is 1. The highest BCUT2D eigenvalue weighted by Gasteiger charge is 2.10. The summed E-state index contributed by atoms with van der Waals surface area (Å²) in [4.78, 5) is 14.1. The number of halogens is 1. The SMILES string of the molecule is CCN(CC)CC(=O)c1ccc(Cl)c(C)c1. The van der Waals surface area contributed by atoms with E-state index in [0.29, 0.717) is 11.6 Å². The third-order valence-corrected chi connectivity index (χ3v) is 3.17. The Labute approximate surface area is 102 Å². The Kier molecular flexibility index (Phi) is 4.97. The average Bonchev–Trinajstić information content (AvgIpc) is 2.29. The normalized spacial score (nSPS) is 10.8. The van der Waals surface area contributed by atoms with Crippen molar-refractivity contribution < 1.29 is 4.79 Å². The van der Waals surface area contributed by atoms with Crippen molar-refractivity contribution in [1.29, 1.82) is 0 Å². The minimum Gasteiger partial charge on any atom is -0.296 e. The molecule has 2 nitrogen and oxygen atoms in total. The van der Waals surface area contributed by atoms with Gasteiger partial charge in [0, 0.05) is 10.6 Å². The number of rotatable bonds is 5. The van der Waals surface area contributed by atoms with Crippen LogP contribution in [-0.4, -0.2) is 30.3 Å². The number of likely N-dealkylation sites (N-methyl/N-ethyl adjacent to an activating group) is 1. The largest absolute Gasteiger partial charge is 0.296 e. The van der Waals surface area contributed by atoms with E-state index < -0.39 is 0 Å². The summed E-state index contributed by atoms with van der Waals surface area (Å²) < 4.78 is 0. The van der Waals surface area contributed by atoms with E-state index in [4.69, 9.17) is 11.6 Å². The van der Waals surface area contributed by atoms with E-state index in [1.807, 2.05) is 13.0 Å². The summed E-state index contributed by atoms with van der Waals surface area (Å²) in [6, 6.07) is 5.43. The molecule has 0 radical (unpaired) electrons. The fraction of sp³-hybridized carbons (Fsp3) is 0.462. The second-order valence-corrected chi connectivity index (χ2v) is 4.26. The average molecular weight is 240 g/mol. The van der Waals surface area contributed by atoms with Gasteiger partial charge in [-0.15, -0.1) is 0 Å². The molecule has 0 saturated heterocycles. The summed E-state index contributed by atoms with van der Waals surface area (Å²) in [5.41, 5.74) is 1.70. The summed E-state index contributed by atoms with van der Waals surface area (Å²) in [5.74, 6) is 0.156. The second kappa shape index (κ2) is 6.02. The maximum Gasteiger partial charge on any atom is 0.176 e. The van der Waals surface area contributed by atoms with E-state index >= 15 is 0 Å². The minimum absolute atomic E-state index is 0.156. The Morgan fingerprint density at radius 1 is 1.31 bits per heavy atom. The first kappa shape index (κ1) is 13.2. The van der Waals surface area contributed by atoms with Gasteiger partial charge in [0.15, 0.2) is 5.78 Å². The van der Waals surface area contributed by atoms with Gasteiger partial charge in [-0.1, -0.05) is 25.4 Å². The molecule has 0 spiro atoms. The molecule has 0 atom stereocenters. The molecule has 16 heavy (non-hydrogen) atoms. The summed E-state index contributed by atoms with van der Waals surface area (Å²) >= 11 is 5.92. The molecule has 0 unspecified atom stereocenters. The van der Waals surface area contributed by atoms with E-state index in [1.54, 1.807) is 12.1 Å². The number of carbonyl (C=O) groups is 1. The number of benzene rings is 1. The standard InChI is InChI=1S/C13H18ClNO/c1-4-15(5-2)9-13(16)11-6-7-12(14)10(3)8-11/h6-8H,4-5,9H2,1-3H3. The zero-order valence-electron chi connectivity index (χ0n) is 10.1. The van der Waals surface area contributed by atoms with Crippen LogP contribution in [0.15, 0.2) is 18.2 Å². The van der Waals surface area contributed by atoms with Crippen LogP contribution in [0.25, 0.3) is 0 Å². The van der Waals surface area contributed by atoms with Crippen molar-refractivity contribution in [2.24, 2.45) is 0 Å². The molecule has 0 amide bonds. The number of hydrogen-bond acceptors (Lipinski definition) is 2. The predicted octanol–water partition coefficient (Wildman–Crippen LogP) is 3.17. The van der Waals surface area contributed by atoms with E-state index in [9.17, 15) is 4.79 Å². The highest BCUT2D eigenvalue weighted by molar-refractivity contribution is 6.31. The number of carbonyl (C=O) groups excluding carboxylic acids is 1. The maximum absolute atomic E-state index is 12.0. The monoisotopic (exact) mass is 239 g/mol. The van der Waals surface area contributed by atoms with Gasteiger partial charge in [-0.2, -0.15) is 0 Å². The molecule has 0 heterocycles. The Hall–Kier alpha value is -0.860. The van der Waals surface area contributed by atoms with Gasteiger partial charge in [0.25, 0.3) is 0 Å². The van der Waals surface area contributed by atoms with Crippen LogP contribution in [-0.2, 0) is 0 Å². The third kappa shape index (κ3) is 3.32. The summed E-state index contributed by atoms with van der Waals surface area (Å²) in [5, 5.41) is 0.708. The van der Waals surface area contributed by atoms with Crippen molar-refractivity contribution in [1.82, 2.24) is 4.90 Å². The summed E-state index contributed by atoms with van der Waals surface area (Å²) in [6.45, 7) is 8.31. The molecule has 0 saturated carbocycles. The van der Waals surface area contributed by atoms with E-state index in [1.165, 1.54) is 0 Å². The third-order valence-electron chi connectivity index (χ3n) is 2.74. The molecule has 1 rings (SSSR count). The van der Waals surface area contributed by atoms with Gasteiger partial charge >= 0.3 is 0 Å². The van der Waals surface area contributed by atoms with Gasteiger partial charge < -0.3 is 0 Å². The van der Waals surface area contributed by atoms with Gasteiger partial charge in [-0.3, -0.25) is 9.69 Å². The predicted molar refractivity (Wildman–Crippen MR) is 68.3 cm³/mol. The fourth-order valence-electron chi connectivity index (χ4n) is 1.56. The quantitative estimate of drug-likeness (QED) is 0.736. The van der Waals surface area contributed by atoms with E-state index in [-0.39, 0.29) is 5.78 Å². The van der Waals surface area contributed by atoms with Crippen molar-refractivity contribution in [2.45, 2.75) is 20.8 Å². The molecular formula is C13H18ClNO. The van der Waals surface area contributed by atoms with Crippen LogP contribution >= 0.6 is 11.6 Å². The van der Waals surface area contributed by atoms with Gasteiger partial charge in [-0.25, -0.2) is 0 Å². The topological polar surface area (TPSA) is 20.3 Å². The van der Waals surface area contributed by atoms with Crippen molar-refractivity contribution in [3.8, 4) is 0 Å². The molecule has 0 aliphatic rings. The lowest BCUT2D eigenvalue weighted by molar-refractivity contribution is 0.0937. The molecule has 1 aromatic rings. The molecule has 88 valence electrons. The van der Waals surface area contributed by atoms with Crippen LogP contribution in [0, 0.1) is 6.92 Å². The molecule has 0 aliphatic heterocycles. The van der Waals surface area contributed by atoms with Crippen molar-refractivity contribution in [2.75, 3.05) is 19.6 Å². The number of hydrogen-bond donors (Lipinski definition) is 0. The molecule has 0 N–H and O–H groups in total. The minimum atomic E-state index is 0.156. The Bertz CT molecular complexity index is 372. The van der Waals surface area contributed by atoms with Crippen molar-refractivity contribution in [3.63, 3.8) is 0 Å². The molecule has 1 aromatic carbocycles. The number of nitrogens with zero attached hydrogens (tertiary/aromatic N) is 1. The Balaban J connectivity index is 2.76. The zero-order valence-corrected chi connectivity index (χ0v) is 10.8. The lowest BCUT2D eigenvalue weighted by atomic mass is 10.1. The fourth-order valence-corrected chi connectivity index (χ4v) is 1.68. The van der Waals surface area contributed by atoms with E-state index in [0.717, 1.165) is 24.2 Å². The van der Waals surface area contributed by atoms with E-state index in [2.05, 4.69) is 18.7 Å². The molecule has 0 aliphatic carbocycles. The molecular weight excluding hydrogens is 222 g/mol. The molecule has 0 aromatic heterocycles. The highest BCUT2D eigenvalue weighted by atomic mass is 35.5. The number of aryl methyl sites for hydroxylation is 1. The molecule has 3 heteroatoms. The van der Waals surface area contributed by atoms with Crippen molar-refractivity contribution in [3.05, 3.63) is 34.3 Å².